The Morgan fingerprint density at radius 2 is 2.26 bits per heavy atom. The Morgan fingerprint density at radius 1 is 1.53 bits per heavy atom. The third kappa shape index (κ3) is 3.27. The van der Waals surface area contributed by atoms with Gasteiger partial charge in [-0.15, -0.1) is 0 Å². The highest BCUT2D eigenvalue weighted by Gasteiger charge is 2.34. The fraction of sp³-hybridized carbons (Fsp3) is 0.500. The first-order valence-electron chi connectivity index (χ1n) is 5.87. The van der Waals surface area contributed by atoms with E-state index in [0.29, 0.717) is 30.2 Å². The number of rotatable bonds is 4. The molecule has 0 spiro atoms. The molecule has 1 aliphatic rings. The minimum atomic E-state index is -3.65. The van der Waals surface area contributed by atoms with Crippen molar-refractivity contribution in [3.05, 3.63) is 28.8 Å². The van der Waals surface area contributed by atoms with E-state index < -0.39 is 15.6 Å². The largest absolute Gasteiger partial charge is 0.392 e. The van der Waals surface area contributed by atoms with E-state index in [4.69, 9.17) is 21.4 Å². The summed E-state index contributed by atoms with van der Waals surface area (Å²) < 4.78 is 32.4. The summed E-state index contributed by atoms with van der Waals surface area (Å²) in [6.07, 6.45) is 0.632. The lowest BCUT2D eigenvalue weighted by atomic mass is 10.0. The van der Waals surface area contributed by atoms with Crippen LogP contribution in [0.4, 0.5) is 0 Å². The molecule has 5 nitrogen and oxygen atoms in total. The van der Waals surface area contributed by atoms with E-state index >= 15 is 0 Å². The topological polar surface area (TPSA) is 75.6 Å². The Bertz CT molecular complexity index is 567. The van der Waals surface area contributed by atoms with Crippen molar-refractivity contribution < 1.29 is 18.3 Å². The second-order valence-corrected chi connectivity index (χ2v) is 6.97. The Kier molecular flexibility index (Phi) is 4.17. The first kappa shape index (κ1) is 14.7. The average Bonchev–Trinajstić information content (AvgIpc) is 2.75. The summed E-state index contributed by atoms with van der Waals surface area (Å²) in [5, 5.41) is 9.47. The highest BCUT2D eigenvalue weighted by atomic mass is 35.5. The van der Waals surface area contributed by atoms with Gasteiger partial charge in [0.2, 0.25) is 10.0 Å². The fourth-order valence-electron chi connectivity index (χ4n) is 1.97. The van der Waals surface area contributed by atoms with Crippen LogP contribution < -0.4 is 4.72 Å². The van der Waals surface area contributed by atoms with E-state index in [2.05, 4.69) is 4.72 Å². The number of sulfonamides is 1. The zero-order valence-corrected chi connectivity index (χ0v) is 12.1. The third-order valence-corrected chi connectivity index (χ3v) is 5.10. The zero-order chi connectivity index (χ0) is 14.1. The maximum Gasteiger partial charge on any atom is 0.241 e. The van der Waals surface area contributed by atoms with Gasteiger partial charge in [-0.2, -0.15) is 0 Å². The molecule has 0 radical (unpaired) electrons. The Labute approximate surface area is 117 Å². The summed E-state index contributed by atoms with van der Waals surface area (Å²) in [6.45, 7) is 2.40. The maximum atomic E-state index is 12.3. The molecular weight excluding hydrogens is 290 g/mol. The molecule has 1 atom stereocenters. The predicted octanol–water partition coefficient (Wildman–Crippen LogP) is 1.29. The zero-order valence-electron chi connectivity index (χ0n) is 10.5. The van der Waals surface area contributed by atoms with E-state index in [0.717, 1.165) is 0 Å². The van der Waals surface area contributed by atoms with Crippen molar-refractivity contribution in [2.24, 2.45) is 0 Å². The SMILES string of the molecule is CC1(NS(=O)(=O)c2ccc(Cl)c(CO)c2)CCOC1. The smallest absolute Gasteiger partial charge is 0.241 e. The van der Waals surface area contributed by atoms with Crippen LogP contribution in [0.25, 0.3) is 0 Å². The molecule has 1 aromatic rings. The van der Waals surface area contributed by atoms with Crippen LogP contribution >= 0.6 is 11.6 Å². The molecule has 0 saturated carbocycles. The lowest BCUT2D eigenvalue weighted by Gasteiger charge is -2.23. The Morgan fingerprint density at radius 3 is 2.84 bits per heavy atom. The van der Waals surface area contributed by atoms with Crippen LogP contribution in [-0.4, -0.2) is 32.3 Å². The summed E-state index contributed by atoms with van der Waals surface area (Å²) in [7, 11) is -3.65. The van der Waals surface area contributed by atoms with Crippen molar-refractivity contribution in [3.8, 4) is 0 Å². The van der Waals surface area contributed by atoms with E-state index in [1.807, 2.05) is 0 Å². The average molecular weight is 306 g/mol. The molecule has 0 aromatic heterocycles. The van der Waals surface area contributed by atoms with Crippen molar-refractivity contribution in [2.75, 3.05) is 13.2 Å². The van der Waals surface area contributed by atoms with E-state index in [1.54, 1.807) is 6.92 Å². The lowest BCUT2D eigenvalue weighted by molar-refractivity contribution is 0.178. The first-order valence-corrected chi connectivity index (χ1v) is 7.73. The molecule has 2 N–H and O–H groups in total. The summed E-state index contributed by atoms with van der Waals surface area (Å²) in [5.41, 5.74) is -0.199. The highest BCUT2D eigenvalue weighted by molar-refractivity contribution is 7.89. The van der Waals surface area contributed by atoms with Crippen LogP contribution in [0.5, 0.6) is 0 Å². The molecule has 0 aliphatic carbocycles. The molecule has 1 heterocycles. The van der Waals surface area contributed by atoms with Crippen LogP contribution in [0.1, 0.15) is 18.9 Å². The molecular formula is C12H16ClNO4S. The summed E-state index contributed by atoms with van der Waals surface area (Å²) >= 11 is 5.85. The molecule has 1 fully saturated rings. The van der Waals surface area contributed by atoms with Crippen LogP contribution in [0.3, 0.4) is 0 Å². The molecule has 2 rings (SSSR count). The van der Waals surface area contributed by atoms with Gasteiger partial charge in [0.1, 0.15) is 0 Å². The normalized spacial score (nSPS) is 23.7. The second kappa shape index (κ2) is 5.38. The van der Waals surface area contributed by atoms with Crippen LogP contribution in [0.15, 0.2) is 23.1 Å². The van der Waals surface area contributed by atoms with E-state index in [-0.39, 0.29) is 11.5 Å². The molecule has 0 amide bonds. The molecule has 1 aliphatic heterocycles. The number of halogens is 1. The summed E-state index contributed by atoms with van der Waals surface area (Å²) in [5.74, 6) is 0. The van der Waals surface area contributed by atoms with E-state index in [1.165, 1.54) is 18.2 Å². The number of hydrogen-bond donors (Lipinski definition) is 2. The van der Waals surface area contributed by atoms with Gasteiger partial charge < -0.3 is 9.84 Å². The van der Waals surface area contributed by atoms with Gasteiger partial charge in [0.05, 0.1) is 23.6 Å². The van der Waals surface area contributed by atoms with Crippen molar-refractivity contribution in [2.45, 2.75) is 30.4 Å². The minimum absolute atomic E-state index is 0.0917. The third-order valence-electron chi connectivity index (χ3n) is 3.10. The van der Waals surface area contributed by atoms with Crippen LogP contribution in [0, 0.1) is 0 Å². The van der Waals surface area contributed by atoms with Gasteiger partial charge in [0.15, 0.2) is 0 Å². The van der Waals surface area contributed by atoms with Gasteiger partial charge in [0.25, 0.3) is 0 Å². The molecule has 7 heteroatoms. The van der Waals surface area contributed by atoms with Gasteiger partial charge in [-0.3, -0.25) is 0 Å². The van der Waals surface area contributed by atoms with Crippen molar-refractivity contribution in [3.63, 3.8) is 0 Å². The van der Waals surface area contributed by atoms with Gasteiger partial charge in [-0.1, -0.05) is 11.6 Å². The Balaban J connectivity index is 2.29. The monoisotopic (exact) mass is 305 g/mol. The number of hydrogen-bond acceptors (Lipinski definition) is 4. The molecule has 106 valence electrons. The number of benzene rings is 1. The van der Waals surface area contributed by atoms with Gasteiger partial charge in [-0.05, 0) is 37.1 Å². The van der Waals surface area contributed by atoms with Gasteiger partial charge in [-0.25, -0.2) is 13.1 Å². The van der Waals surface area contributed by atoms with Crippen LogP contribution in [0.2, 0.25) is 5.02 Å². The van der Waals surface area contributed by atoms with Crippen LogP contribution in [-0.2, 0) is 21.4 Å². The number of aliphatic hydroxyl groups excluding tert-OH is 1. The first-order chi connectivity index (χ1) is 8.86. The van der Waals surface area contributed by atoms with Gasteiger partial charge in [0, 0.05) is 11.6 Å². The molecule has 1 aromatic carbocycles. The van der Waals surface area contributed by atoms with Crippen molar-refractivity contribution >= 4 is 21.6 Å². The maximum absolute atomic E-state index is 12.3. The summed E-state index contributed by atoms with van der Waals surface area (Å²) in [4.78, 5) is 0.0917. The molecule has 1 saturated heterocycles. The second-order valence-electron chi connectivity index (χ2n) is 4.88. The molecule has 0 bridgehead atoms. The predicted molar refractivity (Wildman–Crippen MR) is 71.5 cm³/mol. The van der Waals surface area contributed by atoms with Crippen molar-refractivity contribution in [1.29, 1.82) is 0 Å². The highest BCUT2D eigenvalue weighted by Crippen LogP contribution is 2.24. The Hall–Kier alpha value is -0.660. The number of aliphatic hydroxyl groups is 1. The standard InChI is InChI=1S/C12H16ClNO4S/c1-12(4-5-18-8-12)14-19(16,17)10-2-3-11(13)9(6-10)7-15/h2-3,6,14-15H,4-5,7-8H2,1H3. The summed E-state index contributed by atoms with van der Waals surface area (Å²) in [6, 6.07) is 4.27. The minimum Gasteiger partial charge on any atom is -0.392 e. The molecule has 1 unspecified atom stereocenters. The van der Waals surface area contributed by atoms with Gasteiger partial charge >= 0.3 is 0 Å². The van der Waals surface area contributed by atoms with E-state index in [9.17, 15) is 8.42 Å². The lowest BCUT2D eigenvalue weighted by Crippen LogP contribution is -2.46. The molecule has 19 heavy (non-hydrogen) atoms. The number of nitrogens with one attached hydrogen (secondary N) is 1. The van der Waals surface area contributed by atoms with Crippen molar-refractivity contribution in [1.82, 2.24) is 4.72 Å². The fourth-order valence-corrected chi connectivity index (χ4v) is 3.62. The quantitative estimate of drug-likeness (QED) is 0.879. The number of ether oxygens (including phenoxy) is 1.